The van der Waals surface area contributed by atoms with Crippen LogP contribution in [-0.2, 0) is 19.1 Å². The number of hydrogen-bond donors (Lipinski definition) is 0. The van der Waals surface area contributed by atoms with Gasteiger partial charge in [-0.05, 0) is 32.8 Å². The Morgan fingerprint density at radius 3 is 2.55 bits per heavy atom. The number of likely N-dealkylation sites (N-methyl/N-ethyl adjacent to an activating group) is 1. The van der Waals surface area contributed by atoms with Gasteiger partial charge in [-0.3, -0.25) is 19.3 Å². The van der Waals surface area contributed by atoms with Gasteiger partial charge in [-0.2, -0.15) is 0 Å². The number of ether oxygens (including phenoxy) is 1. The van der Waals surface area contributed by atoms with Gasteiger partial charge in [-0.1, -0.05) is 48.6 Å². The molecular weight excluding hydrogens is 408 g/mol. The molecule has 2 aliphatic heterocycles. The van der Waals surface area contributed by atoms with Crippen molar-refractivity contribution in [1.82, 2.24) is 4.90 Å². The fraction of sp³-hybridized carbons (Fsp3) is 0.429. The molecule has 1 saturated heterocycles. The van der Waals surface area contributed by atoms with Crippen LogP contribution in [0.5, 0.6) is 0 Å². The summed E-state index contributed by atoms with van der Waals surface area (Å²) in [5, 5.41) is 0. The average Bonchev–Trinajstić information content (AvgIpc) is 3.14. The molecule has 0 aliphatic carbocycles. The molecule has 0 bridgehead atoms. The molecular formula is C21H24N2O4S2. The lowest BCUT2D eigenvalue weighted by Crippen LogP contribution is -2.30. The van der Waals surface area contributed by atoms with E-state index in [9.17, 15) is 14.4 Å². The zero-order valence-electron chi connectivity index (χ0n) is 16.6. The third kappa shape index (κ3) is 4.38. The van der Waals surface area contributed by atoms with Crippen molar-refractivity contribution < 1.29 is 19.1 Å². The first-order chi connectivity index (χ1) is 14.0. The van der Waals surface area contributed by atoms with E-state index in [0.29, 0.717) is 47.3 Å². The minimum atomic E-state index is -0.207. The molecule has 0 N–H and O–H groups in total. The van der Waals surface area contributed by atoms with E-state index in [1.807, 2.05) is 31.2 Å². The van der Waals surface area contributed by atoms with Crippen molar-refractivity contribution in [2.24, 2.45) is 0 Å². The zero-order valence-corrected chi connectivity index (χ0v) is 18.2. The summed E-state index contributed by atoms with van der Waals surface area (Å²) in [6.07, 6.45) is 2.63. The van der Waals surface area contributed by atoms with Crippen LogP contribution < -0.4 is 4.90 Å². The van der Waals surface area contributed by atoms with E-state index in [2.05, 4.69) is 0 Å². The number of benzene rings is 1. The fourth-order valence-electron chi connectivity index (χ4n) is 3.50. The summed E-state index contributed by atoms with van der Waals surface area (Å²) in [6.45, 7) is 5.12. The van der Waals surface area contributed by atoms with Crippen molar-refractivity contribution in [3.8, 4) is 0 Å². The van der Waals surface area contributed by atoms with Gasteiger partial charge in [-0.15, -0.1) is 0 Å². The molecule has 0 saturated carbocycles. The van der Waals surface area contributed by atoms with Crippen LogP contribution in [0.1, 0.15) is 45.1 Å². The van der Waals surface area contributed by atoms with E-state index in [-0.39, 0.29) is 17.8 Å². The number of para-hydroxylation sites is 1. The highest BCUT2D eigenvalue weighted by Crippen LogP contribution is 2.44. The first-order valence-electron chi connectivity index (χ1n) is 9.84. The van der Waals surface area contributed by atoms with Gasteiger partial charge in [0.15, 0.2) is 0 Å². The summed E-state index contributed by atoms with van der Waals surface area (Å²) in [7, 11) is 0. The van der Waals surface area contributed by atoms with Gasteiger partial charge in [0.05, 0.1) is 22.8 Å². The standard InChI is InChI=1S/C21H24N2O4S2/c1-3-22-15-11-8-7-10-14(15)17(19(22)25)18-20(26)23(21(28)29-18)13-9-5-6-12-16(24)27-4-2/h7-8,10-11H,3-6,9,12-13H2,1-2H3/b18-17-. The molecule has 0 unspecified atom stereocenters. The molecule has 0 aromatic heterocycles. The number of anilines is 1. The summed E-state index contributed by atoms with van der Waals surface area (Å²) in [6, 6.07) is 7.53. The Labute approximate surface area is 180 Å². The van der Waals surface area contributed by atoms with E-state index in [4.69, 9.17) is 17.0 Å². The minimum absolute atomic E-state index is 0.149. The van der Waals surface area contributed by atoms with Gasteiger partial charge in [0, 0.05) is 25.1 Å². The van der Waals surface area contributed by atoms with Crippen LogP contribution in [0.3, 0.4) is 0 Å². The van der Waals surface area contributed by atoms with Gasteiger partial charge < -0.3 is 9.64 Å². The number of thiocarbonyl (C=S) groups is 1. The number of carbonyl (C=O) groups excluding carboxylic acids is 3. The van der Waals surface area contributed by atoms with Gasteiger partial charge in [-0.25, -0.2) is 0 Å². The molecule has 6 nitrogen and oxygen atoms in total. The molecule has 154 valence electrons. The SMILES string of the molecule is CCOC(=O)CCCCCN1C(=O)/C(=C2/C(=O)N(CC)c3ccccc32)SC1=S. The third-order valence-electron chi connectivity index (χ3n) is 4.88. The van der Waals surface area contributed by atoms with Crippen LogP contribution in [-0.4, -0.2) is 46.7 Å². The van der Waals surface area contributed by atoms with Crippen molar-refractivity contribution >= 4 is 57.3 Å². The summed E-state index contributed by atoms with van der Waals surface area (Å²) < 4.78 is 5.39. The molecule has 3 rings (SSSR count). The molecule has 0 spiro atoms. The number of hydrogen-bond acceptors (Lipinski definition) is 6. The second-order valence-corrected chi connectivity index (χ2v) is 8.36. The van der Waals surface area contributed by atoms with Gasteiger partial charge in [0.2, 0.25) is 0 Å². The lowest BCUT2D eigenvalue weighted by atomic mass is 10.1. The second-order valence-electron chi connectivity index (χ2n) is 6.71. The number of rotatable bonds is 8. The fourth-order valence-corrected chi connectivity index (χ4v) is 4.88. The Morgan fingerprint density at radius 2 is 1.83 bits per heavy atom. The van der Waals surface area contributed by atoms with Crippen molar-refractivity contribution in [3.63, 3.8) is 0 Å². The Morgan fingerprint density at radius 1 is 1.07 bits per heavy atom. The van der Waals surface area contributed by atoms with Crippen molar-refractivity contribution in [2.75, 3.05) is 24.6 Å². The Balaban J connectivity index is 1.69. The molecule has 2 heterocycles. The topological polar surface area (TPSA) is 66.9 Å². The smallest absolute Gasteiger partial charge is 0.305 e. The summed E-state index contributed by atoms with van der Waals surface area (Å²) >= 11 is 6.61. The van der Waals surface area contributed by atoms with Gasteiger partial charge >= 0.3 is 5.97 Å². The molecule has 29 heavy (non-hydrogen) atoms. The van der Waals surface area contributed by atoms with E-state index >= 15 is 0 Å². The molecule has 1 aromatic rings. The van der Waals surface area contributed by atoms with E-state index < -0.39 is 0 Å². The summed E-state index contributed by atoms with van der Waals surface area (Å²) in [5.41, 5.74) is 2.07. The maximum absolute atomic E-state index is 13.0. The van der Waals surface area contributed by atoms with Crippen LogP contribution >= 0.6 is 24.0 Å². The quantitative estimate of drug-likeness (QED) is 0.270. The number of amides is 2. The maximum atomic E-state index is 13.0. The van der Waals surface area contributed by atoms with E-state index in [0.717, 1.165) is 24.1 Å². The van der Waals surface area contributed by atoms with Crippen LogP contribution in [0.15, 0.2) is 29.2 Å². The average molecular weight is 433 g/mol. The van der Waals surface area contributed by atoms with Gasteiger partial charge in [0.25, 0.3) is 11.8 Å². The molecule has 0 atom stereocenters. The highest BCUT2D eigenvalue weighted by Gasteiger charge is 2.41. The van der Waals surface area contributed by atoms with Crippen LogP contribution in [0.2, 0.25) is 0 Å². The van der Waals surface area contributed by atoms with Crippen molar-refractivity contribution in [3.05, 3.63) is 34.7 Å². The third-order valence-corrected chi connectivity index (χ3v) is 6.33. The molecule has 2 amide bonds. The maximum Gasteiger partial charge on any atom is 0.305 e. The summed E-state index contributed by atoms with van der Waals surface area (Å²) in [5.74, 6) is -0.549. The molecule has 1 fully saturated rings. The first-order valence-corrected chi connectivity index (χ1v) is 11.1. The van der Waals surface area contributed by atoms with E-state index in [1.54, 1.807) is 16.7 Å². The number of thioether (sulfide) groups is 1. The van der Waals surface area contributed by atoms with E-state index in [1.165, 1.54) is 11.8 Å². The zero-order chi connectivity index (χ0) is 21.0. The number of carbonyl (C=O) groups is 3. The number of esters is 1. The van der Waals surface area contributed by atoms with Crippen molar-refractivity contribution in [1.29, 1.82) is 0 Å². The lowest BCUT2D eigenvalue weighted by Gasteiger charge is -2.14. The van der Waals surface area contributed by atoms with Crippen LogP contribution in [0.25, 0.3) is 5.57 Å². The Bertz CT molecular complexity index is 881. The van der Waals surface area contributed by atoms with Crippen LogP contribution in [0.4, 0.5) is 5.69 Å². The second kappa shape index (κ2) is 9.54. The lowest BCUT2D eigenvalue weighted by molar-refractivity contribution is -0.143. The number of nitrogens with zero attached hydrogens (tertiary/aromatic N) is 2. The minimum Gasteiger partial charge on any atom is -0.466 e. The van der Waals surface area contributed by atoms with Crippen molar-refractivity contribution in [2.45, 2.75) is 39.5 Å². The largest absolute Gasteiger partial charge is 0.466 e. The predicted molar refractivity (Wildman–Crippen MR) is 118 cm³/mol. The first kappa shape index (κ1) is 21.5. The van der Waals surface area contributed by atoms with Gasteiger partial charge in [0.1, 0.15) is 4.32 Å². The Kier molecular flexibility index (Phi) is 7.08. The highest BCUT2D eigenvalue weighted by molar-refractivity contribution is 8.26. The highest BCUT2D eigenvalue weighted by atomic mass is 32.2. The number of unbranched alkanes of at least 4 members (excludes halogenated alkanes) is 2. The molecule has 1 aromatic carbocycles. The normalized spacial score (nSPS) is 18.6. The number of fused-ring (bicyclic) bond motifs is 1. The molecule has 2 aliphatic rings. The van der Waals surface area contributed by atoms with Crippen LogP contribution in [0, 0.1) is 0 Å². The predicted octanol–water partition coefficient (Wildman–Crippen LogP) is 3.75. The molecule has 8 heteroatoms. The summed E-state index contributed by atoms with van der Waals surface area (Å²) in [4.78, 5) is 41.0. The monoisotopic (exact) mass is 432 g/mol. The Hall–Kier alpha value is -2.19. The molecule has 0 radical (unpaired) electrons.